The molecular weight excluding hydrogens is 596 g/mol. The van der Waals surface area contributed by atoms with Crippen molar-refractivity contribution in [2.45, 2.75) is 19.6 Å². The van der Waals surface area contributed by atoms with E-state index in [1.165, 1.54) is 11.0 Å². The molecule has 1 atom stereocenters. The molecule has 45 heavy (non-hydrogen) atoms. The number of benzene rings is 3. The van der Waals surface area contributed by atoms with E-state index in [-0.39, 0.29) is 27.8 Å². The fraction of sp³-hybridized carbons (Fsp3) is 0.176. The smallest absolute Gasteiger partial charge is 0.350 e. The van der Waals surface area contributed by atoms with Gasteiger partial charge in [0.2, 0.25) is 0 Å². The second-order valence-electron chi connectivity index (χ2n) is 10.2. The first-order valence-corrected chi connectivity index (χ1v) is 14.9. The Morgan fingerprint density at radius 3 is 2.62 bits per heavy atom. The van der Waals surface area contributed by atoms with Crippen molar-refractivity contribution in [3.05, 3.63) is 118 Å². The van der Waals surface area contributed by atoms with E-state index in [9.17, 15) is 19.5 Å². The summed E-state index contributed by atoms with van der Waals surface area (Å²) < 4.78 is 22.5. The first kappa shape index (κ1) is 29.6. The highest BCUT2D eigenvalue weighted by Crippen LogP contribution is 2.45. The molecule has 11 heteroatoms. The molecule has 3 aromatic carbocycles. The van der Waals surface area contributed by atoms with E-state index in [0.717, 1.165) is 16.9 Å². The van der Waals surface area contributed by atoms with Crippen LogP contribution in [-0.2, 0) is 20.9 Å². The molecule has 2 aliphatic rings. The van der Waals surface area contributed by atoms with Crippen LogP contribution in [0.5, 0.6) is 17.2 Å². The summed E-state index contributed by atoms with van der Waals surface area (Å²) in [4.78, 5) is 46.0. The SMILES string of the molecule is C=CCOC(=O)c1sc(N2C(=O)C(=O)/C(=C(/O)c3ccc4c(c3)OCCO4)[C@@H]2c2cccc(OCc3ccccc3)c2)nc1C. The maximum atomic E-state index is 13.7. The number of ether oxygens (including phenoxy) is 4. The van der Waals surface area contributed by atoms with Gasteiger partial charge in [-0.25, -0.2) is 9.78 Å². The molecule has 0 unspecified atom stereocenters. The summed E-state index contributed by atoms with van der Waals surface area (Å²) >= 11 is 0.920. The van der Waals surface area contributed by atoms with Gasteiger partial charge >= 0.3 is 11.9 Å². The van der Waals surface area contributed by atoms with Crippen molar-refractivity contribution in [1.29, 1.82) is 0 Å². The Bertz CT molecular complexity index is 1830. The van der Waals surface area contributed by atoms with Crippen LogP contribution in [0.2, 0.25) is 0 Å². The molecule has 0 spiro atoms. The molecule has 228 valence electrons. The van der Waals surface area contributed by atoms with Gasteiger partial charge in [0.1, 0.15) is 42.8 Å². The van der Waals surface area contributed by atoms with E-state index in [0.29, 0.717) is 48.3 Å². The van der Waals surface area contributed by atoms with Gasteiger partial charge in [-0.05, 0) is 48.4 Å². The second kappa shape index (κ2) is 12.7. The Labute approximate surface area is 262 Å². The van der Waals surface area contributed by atoms with Gasteiger partial charge in [-0.3, -0.25) is 14.5 Å². The van der Waals surface area contributed by atoms with Crippen LogP contribution >= 0.6 is 11.3 Å². The van der Waals surface area contributed by atoms with Gasteiger partial charge in [0, 0.05) is 5.56 Å². The largest absolute Gasteiger partial charge is 0.507 e. The van der Waals surface area contributed by atoms with Gasteiger partial charge in [0.05, 0.1) is 17.3 Å². The molecule has 0 saturated carbocycles. The van der Waals surface area contributed by atoms with E-state index in [1.807, 2.05) is 30.3 Å². The van der Waals surface area contributed by atoms with Crippen LogP contribution in [0.15, 0.2) is 91.0 Å². The maximum absolute atomic E-state index is 13.7. The molecule has 1 amide bonds. The Kier molecular flexibility index (Phi) is 8.35. The summed E-state index contributed by atoms with van der Waals surface area (Å²) in [6.45, 7) is 6.19. The highest BCUT2D eigenvalue weighted by molar-refractivity contribution is 7.17. The topological polar surface area (TPSA) is 124 Å². The summed E-state index contributed by atoms with van der Waals surface area (Å²) in [7, 11) is 0. The number of aryl methyl sites for hydroxylation is 1. The van der Waals surface area contributed by atoms with E-state index in [2.05, 4.69) is 11.6 Å². The zero-order chi connectivity index (χ0) is 31.5. The molecule has 2 aliphatic heterocycles. The van der Waals surface area contributed by atoms with Gasteiger partial charge in [-0.1, -0.05) is 66.5 Å². The lowest BCUT2D eigenvalue weighted by Crippen LogP contribution is -2.29. The zero-order valence-corrected chi connectivity index (χ0v) is 25.0. The molecule has 1 fully saturated rings. The molecule has 0 bridgehead atoms. The lowest BCUT2D eigenvalue weighted by Gasteiger charge is -2.24. The van der Waals surface area contributed by atoms with Gasteiger partial charge in [0.25, 0.3) is 5.78 Å². The van der Waals surface area contributed by atoms with Crippen LogP contribution in [0.25, 0.3) is 5.76 Å². The van der Waals surface area contributed by atoms with Crippen molar-refractivity contribution in [3.63, 3.8) is 0 Å². The number of carbonyl (C=O) groups is 3. The summed E-state index contributed by atoms with van der Waals surface area (Å²) in [5.74, 6) is -1.44. The summed E-state index contributed by atoms with van der Waals surface area (Å²) in [6.07, 6.45) is 1.44. The Morgan fingerprint density at radius 1 is 1.07 bits per heavy atom. The number of carbonyl (C=O) groups excluding carboxylic acids is 3. The van der Waals surface area contributed by atoms with Gasteiger partial charge in [-0.15, -0.1) is 0 Å². The predicted octanol–water partition coefficient (Wildman–Crippen LogP) is 5.77. The van der Waals surface area contributed by atoms with Gasteiger partial charge in [-0.2, -0.15) is 0 Å². The first-order chi connectivity index (χ1) is 21.9. The Morgan fingerprint density at radius 2 is 1.84 bits per heavy atom. The molecule has 6 rings (SSSR count). The molecule has 10 nitrogen and oxygen atoms in total. The number of rotatable bonds is 9. The van der Waals surface area contributed by atoms with Crippen LogP contribution in [0, 0.1) is 6.92 Å². The number of aliphatic hydroxyl groups is 1. The van der Waals surface area contributed by atoms with Crippen LogP contribution in [0.4, 0.5) is 5.13 Å². The van der Waals surface area contributed by atoms with Gasteiger partial charge in [0.15, 0.2) is 16.6 Å². The average Bonchev–Trinajstić information content (AvgIpc) is 3.58. The number of anilines is 1. The molecule has 1 saturated heterocycles. The van der Waals surface area contributed by atoms with Crippen molar-refractivity contribution in [2.75, 3.05) is 24.7 Å². The minimum absolute atomic E-state index is 0.00132. The number of hydrogen-bond acceptors (Lipinski definition) is 10. The van der Waals surface area contributed by atoms with Crippen LogP contribution in [0.1, 0.15) is 38.1 Å². The zero-order valence-electron chi connectivity index (χ0n) is 24.2. The Balaban J connectivity index is 1.45. The van der Waals surface area contributed by atoms with Crippen molar-refractivity contribution in [2.24, 2.45) is 0 Å². The quantitative estimate of drug-likeness (QED) is 0.0812. The van der Waals surface area contributed by atoms with Crippen LogP contribution < -0.4 is 19.1 Å². The number of nitrogens with zero attached hydrogens (tertiary/aromatic N) is 2. The normalized spacial score (nSPS) is 16.8. The van der Waals surface area contributed by atoms with Crippen molar-refractivity contribution in [3.8, 4) is 17.2 Å². The first-order valence-electron chi connectivity index (χ1n) is 14.1. The number of esters is 1. The highest BCUT2D eigenvalue weighted by Gasteiger charge is 2.48. The number of ketones is 1. The fourth-order valence-corrected chi connectivity index (χ4v) is 6.07. The molecule has 1 N–H and O–H groups in total. The lowest BCUT2D eigenvalue weighted by molar-refractivity contribution is -0.132. The fourth-order valence-electron chi connectivity index (χ4n) is 5.08. The van der Waals surface area contributed by atoms with Crippen LogP contribution in [-0.4, -0.2) is 47.6 Å². The number of aliphatic hydroxyl groups excluding tert-OH is 1. The number of hydrogen-bond donors (Lipinski definition) is 1. The van der Waals surface area contributed by atoms with E-state index < -0.39 is 29.5 Å². The summed E-state index contributed by atoms with van der Waals surface area (Å²) in [5, 5.41) is 11.7. The van der Waals surface area contributed by atoms with Crippen molar-refractivity contribution >= 4 is 39.9 Å². The number of aromatic nitrogens is 1. The average molecular weight is 625 g/mol. The van der Waals surface area contributed by atoms with Crippen molar-refractivity contribution < 1.29 is 38.4 Å². The lowest BCUT2D eigenvalue weighted by atomic mass is 9.95. The standard InChI is InChI=1S/C34H28N2O8S/c1-3-14-43-33(40)31-20(2)35-34(45-31)36-28(22-10-7-11-24(17-22)44-19-21-8-5-4-6-9-21)27(30(38)32(36)39)29(37)23-12-13-25-26(18-23)42-16-15-41-25/h3-13,17-18,28,37H,1,14-16,19H2,2H3/b29-27+/t28-/m0/s1. The van der Waals surface area contributed by atoms with E-state index in [4.69, 9.17) is 18.9 Å². The molecular formula is C34H28N2O8S. The predicted molar refractivity (Wildman–Crippen MR) is 167 cm³/mol. The number of thiazole rings is 1. The third-order valence-electron chi connectivity index (χ3n) is 7.19. The number of amides is 1. The molecule has 0 aliphatic carbocycles. The third-order valence-corrected chi connectivity index (χ3v) is 8.33. The monoisotopic (exact) mass is 624 g/mol. The van der Waals surface area contributed by atoms with E-state index in [1.54, 1.807) is 49.4 Å². The van der Waals surface area contributed by atoms with Crippen molar-refractivity contribution in [1.82, 2.24) is 4.98 Å². The second-order valence-corrected chi connectivity index (χ2v) is 11.1. The number of fused-ring (bicyclic) bond motifs is 1. The summed E-state index contributed by atoms with van der Waals surface area (Å²) in [5.41, 5.74) is 1.89. The van der Waals surface area contributed by atoms with E-state index >= 15 is 0 Å². The summed E-state index contributed by atoms with van der Waals surface area (Å²) in [6, 6.07) is 20.3. The minimum atomic E-state index is -1.10. The Hall–Kier alpha value is -5.42. The maximum Gasteiger partial charge on any atom is 0.350 e. The third kappa shape index (κ3) is 5.89. The highest BCUT2D eigenvalue weighted by atomic mass is 32.1. The molecule has 4 aromatic rings. The minimum Gasteiger partial charge on any atom is -0.507 e. The molecule has 1 aromatic heterocycles. The number of Topliss-reactive ketones (excluding diaryl/α,β-unsaturated/α-hetero) is 1. The molecule has 0 radical (unpaired) electrons. The van der Waals surface area contributed by atoms with Gasteiger partial charge < -0.3 is 24.1 Å². The molecule has 3 heterocycles. The van der Waals surface area contributed by atoms with Crippen LogP contribution in [0.3, 0.4) is 0 Å².